The van der Waals surface area contributed by atoms with Crippen molar-refractivity contribution in [3.8, 4) is 0 Å². The second kappa shape index (κ2) is 7.71. The third-order valence-electron chi connectivity index (χ3n) is 9.08. The zero-order valence-electron chi connectivity index (χ0n) is 17.9. The average Bonchev–Trinajstić information content (AvgIpc) is 2.98. The van der Waals surface area contributed by atoms with Gasteiger partial charge in [-0.05, 0) is 94.0 Å². The number of rotatable bonds is 5. The number of Topliss-reactive ketones (excluding diaryl/α,β-unsaturated/α-hetero) is 1. The minimum absolute atomic E-state index is 0.118. The first-order chi connectivity index (χ1) is 13.4. The van der Waals surface area contributed by atoms with E-state index in [4.69, 9.17) is 4.84 Å². The Hall–Kier alpha value is -0.940. The molecule has 0 radical (unpaired) electrons. The van der Waals surface area contributed by atoms with E-state index in [0.717, 1.165) is 70.0 Å². The molecule has 5 heteroatoms. The molecule has 4 saturated carbocycles. The molecule has 4 rings (SSSR count). The predicted octanol–water partition coefficient (Wildman–Crippen LogP) is 3.55. The number of hydrogen-bond acceptors (Lipinski definition) is 5. The largest absolute Gasteiger partial charge is 0.396 e. The van der Waals surface area contributed by atoms with E-state index in [1.165, 1.54) is 0 Å². The number of ketones is 1. The van der Waals surface area contributed by atoms with E-state index in [0.29, 0.717) is 30.1 Å². The number of nitrogens with zero attached hydrogens (tertiary/aromatic N) is 1. The second-order valence-corrected chi connectivity index (χ2v) is 10.4. The van der Waals surface area contributed by atoms with Gasteiger partial charge in [0.2, 0.25) is 0 Å². The first kappa shape index (κ1) is 20.3. The van der Waals surface area contributed by atoms with Crippen LogP contribution < -0.4 is 5.32 Å². The van der Waals surface area contributed by atoms with Crippen LogP contribution in [-0.2, 0) is 9.63 Å². The van der Waals surface area contributed by atoms with Crippen molar-refractivity contribution in [2.75, 3.05) is 20.2 Å². The van der Waals surface area contributed by atoms with E-state index < -0.39 is 0 Å². The quantitative estimate of drug-likeness (QED) is 0.556. The highest BCUT2D eigenvalue weighted by molar-refractivity contribution is 5.87. The maximum Gasteiger partial charge on any atom is 0.139 e. The lowest BCUT2D eigenvalue weighted by Gasteiger charge is -2.60. The SMILES string of the molecule is CNCCCO/N=C1\CC[C@@]2(C)[C@H](C1)[C@@H](O)C[C@@H]1[C@@H]2CC[C@]2(C)C(=O)CC[C@@H]12. The van der Waals surface area contributed by atoms with Gasteiger partial charge in [0.25, 0.3) is 0 Å². The van der Waals surface area contributed by atoms with E-state index in [9.17, 15) is 9.90 Å². The lowest BCUT2D eigenvalue weighted by Crippen LogP contribution is -2.57. The second-order valence-electron chi connectivity index (χ2n) is 10.4. The minimum Gasteiger partial charge on any atom is -0.396 e. The van der Waals surface area contributed by atoms with Crippen LogP contribution in [0, 0.1) is 34.5 Å². The van der Waals surface area contributed by atoms with Crippen molar-refractivity contribution in [3.05, 3.63) is 0 Å². The van der Waals surface area contributed by atoms with Crippen LogP contribution in [0.3, 0.4) is 0 Å². The molecule has 4 aliphatic carbocycles. The molecule has 5 nitrogen and oxygen atoms in total. The molecule has 28 heavy (non-hydrogen) atoms. The molecule has 158 valence electrons. The minimum atomic E-state index is -0.279. The Balaban J connectivity index is 1.47. The highest BCUT2D eigenvalue weighted by atomic mass is 16.6. The number of oxime groups is 1. The lowest BCUT2D eigenvalue weighted by molar-refractivity contribution is -0.153. The van der Waals surface area contributed by atoms with Gasteiger partial charge in [-0.15, -0.1) is 0 Å². The fourth-order valence-electron chi connectivity index (χ4n) is 7.41. The summed E-state index contributed by atoms with van der Waals surface area (Å²) in [6, 6.07) is 0. The number of hydrogen-bond donors (Lipinski definition) is 2. The van der Waals surface area contributed by atoms with Gasteiger partial charge in [-0.2, -0.15) is 0 Å². The van der Waals surface area contributed by atoms with E-state index >= 15 is 0 Å². The molecule has 0 heterocycles. The number of carbonyl (C=O) groups is 1. The van der Waals surface area contributed by atoms with Crippen LogP contribution in [-0.4, -0.2) is 42.9 Å². The maximum atomic E-state index is 12.6. The Morgan fingerprint density at radius 1 is 1.18 bits per heavy atom. The van der Waals surface area contributed by atoms with Gasteiger partial charge in [0.15, 0.2) is 0 Å². The van der Waals surface area contributed by atoms with Crippen LogP contribution >= 0.6 is 0 Å². The molecule has 4 fully saturated rings. The van der Waals surface area contributed by atoms with E-state index in [2.05, 4.69) is 24.3 Å². The zero-order chi connectivity index (χ0) is 19.9. The van der Waals surface area contributed by atoms with Gasteiger partial charge in [0, 0.05) is 11.8 Å². The maximum absolute atomic E-state index is 12.6. The van der Waals surface area contributed by atoms with Gasteiger partial charge in [0.1, 0.15) is 12.4 Å². The summed E-state index contributed by atoms with van der Waals surface area (Å²) in [6.07, 6.45) is 8.48. The summed E-state index contributed by atoms with van der Waals surface area (Å²) in [5, 5.41) is 18.7. The highest BCUT2D eigenvalue weighted by Crippen LogP contribution is 2.65. The van der Waals surface area contributed by atoms with Crippen LogP contribution in [0.2, 0.25) is 0 Å². The molecule has 0 unspecified atom stereocenters. The van der Waals surface area contributed by atoms with E-state index in [-0.39, 0.29) is 22.9 Å². The van der Waals surface area contributed by atoms with Crippen molar-refractivity contribution in [1.82, 2.24) is 5.32 Å². The first-order valence-corrected chi connectivity index (χ1v) is 11.4. The number of fused-ring (bicyclic) bond motifs is 5. The summed E-state index contributed by atoms with van der Waals surface area (Å²) >= 11 is 0. The number of aliphatic hydroxyl groups excluding tert-OH is 1. The third kappa shape index (κ3) is 3.23. The van der Waals surface area contributed by atoms with Gasteiger partial charge in [-0.25, -0.2) is 0 Å². The summed E-state index contributed by atoms with van der Waals surface area (Å²) in [6.45, 7) is 6.21. The molecule has 0 aliphatic heterocycles. The van der Waals surface area contributed by atoms with Crippen molar-refractivity contribution in [2.45, 2.75) is 77.7 Å². The summed E-state index contributed by atoms with van der Waals surface area (Å²) in [7, 11) is 1.95. The molecule has 0 amide bonds. The van der Waals surface area contributed by atoms with Crippen LogP contribution in [0.15, 0.2) is 5.16 Å². The Labute approximate surface area is 169 Å². The molecule has 0 saturated heterocycles. The summed E-state index contributed by atoms with van der Waals surface area (Å²) in [5.41, 5.74) is 1.17. The van der Waals surface area contributed by atoms with Crippen molar-refractivity contribution in [1.29, 1.82) is 0 Å². The predicted molar refractivity (Wildman–Crippen MR) is 110 cm³/mol. The van der Waals surface area contributed by atoms with Gasteiger partial charge >= 0.3 is 0 Å². The average molecular weight is 391 g/mol. The van der Waals surface area contributed by atoms with Crippen molar-refractivity contribution >= 4 is 11.5 Å². The summed E-state index contributed by atoms with van der Waals surface area (Å²) < 4.78 is 0. The van der Waals surface area contributed by atoms with Gasteiger partial charge < -0.3 is 15.3 Å². The summed E-state index contributed by atoms with van der Waals surface area (Å²) in [4.78, 5) is 18.1. The molecule has 0 spiro atoms. The van der Waals surface area contributed by atoms with Gasteiger partial charge in [-0.3, -0.25) is 4.79 Å². The molecule has 0 bridgehead atoms. The number of carbonyl (C=O) groups excluding carboxylic acids is 1. The Bertz CT molecular complexity index is 635. The first-order valence-electron chi connectivity index (χ1n) is 11.4. The molecule has 0 aromatic rings. The molecule has 7 atom stereocenters. The molecule has 2 N–H and O–H groups in total. The summed E-state index contributed by atoms with van der Waals surface area (Å²) in [5.74, 6) is 2.40. The topological polar surface area (TPSA) is 70.9 Å². The van der Waals surface area contributed by atoms with Crippen LogP contribution in [0.1, 0.15) is 71.6 Å². The molecular formula is C23H38N2O3. The third-order valence-corrected chi connectivity index (χ3v) is 9.08. The van der Waals surface area contributed by atoms with Gasteiger partial charge in [0.05, 0.1) is 11.8 Å². The van der Waals surface area contributed by atoms with E-state index in [1.54, 1.807) is 0 Å². The smallest absolute Gasteiger partial charge is 0.139 e. The van der Waals surface area contributed by atoms with E-state index in [1.807, 2.05) is 7.05 Å². The van der Waals surface area contributed by atoms with Crippen molar-refractivity contribution in [2.24, 2.45) is 39.7 Å². The van der Waals surface area contributed by atoms with Crippen LogP contribution in [0.4, 0.5) is 0 Å². The van der Waals surface area contributed by atoms with Gasteiger partial charge in [-0.1, -0.05) is 19.0 Å². The highest BCUT2D eigenvalue weighted by Gasteiger charge is 2.61. The Morgan fingerprint density at radius 3 is 2.79 bits per heavy atom. The Morgan fingerprint density at radius 2 is 2.00 bits per heavy atom. The van der Waals surface area contributed by atoms with Crippen molar-refractivity contribution in [3.63, 3.8) is 0 Å². The molecule has 0 aromatic carbocycles. The van der Waals surface area contributed by atoms with Crippen LogP contribution in [0.5, 0.6) is 0 Å². The Kier molecular flexibility index (Phi) is 5.60. The fraction of sp³-hybridized carbons (Fsp3) is 0.913. The fourth-order valence-corrected chi connectivity index (χ4v) is 7.41. The molecular weight excluding hydrogens is 352 g/mol. The number of aliphatic hydroxyl groups is 1. The molecule has 0 aromatic heterocycles. The normalized spacial score (nSPS) is 46.8. The number of nitrogens with one attached hydrogen (secondary N) is 1. The zero-order valence-corrected chi connectivity index (χ0v) is 17.9. The van der Waals surface area contributed by atoms with Crippen LogP contribution in [0.25, 0.3) is 0 Å². The van der Waals surface area contributed by atoms with Crippen molar-refractivity contribution < 1.29 is 14.7 Å². The monoisotopic (exact) mass is 390 g/mol. The lowest BCUT2D eigenvalue weighted by atomic mass is 9.44. The molecule has 4 aliphatic rings. The standard InChI is InChI=1S/C23H38N2O3/c1-22-9-7-15(25-28-12-4-11-24-3)13-19(22)20(26)14-16-17-5-6-21(27)23(17,2)10-8-18(16)22/h16-20,24,26H,4-14H2,1-3H3/b25-15+/t16-,17-,18-,19+,20-,22+,23-/m0/s1.